The molecule has 0 saturated heterocycles. The van der Waals surface area contributed by atoms with Gasteiger partial charge in [0.1, 0.15) is 11.5 Å². The van der Waals surface area contributed by atoms with E-state index in [2.05, 4.69) is 31.9 Å². The molecule has 0 unspecified atom stereocenters. The number of benzene rings is 3. The quantitative estimate of drug-likeness (QED) is 0.345. The number of carbonyl (C=O) groups is 2. The lowest BCUT2D eigenvalue weighted by molar-refractivity contribution is -0.136. The Morgan fingerprint density at radius 1 is 0.971 bits per heavy atom. The van der Waals surface area contributed by atoms with Crippen LogP contribution in [0.25, 0.3) is 0 Å². The van der Waals surface area contributed by atoms with Gasteiger partial charge in [0.05, 0.1) is 27.5 Å². The van der Waals surface area contributed by atoms with E-state index in [0.717, 1.165) is 0 Å². The highest BCUT2D eigenvalue weighted by atomic mass is 79.9. The van der Waals surface area contributed by atoms with Gasteiger partial charge in [0.15, 0.2) is 5.75 Å². The van der Waals surface area contributed by atoms with Crippen molar-refractivity contribution in [1.29, 1.82) is 0 Å². The van der Waals surface area contributed by atoms with E-state index in [1.54, 1.807) is 42.5 Å². The van der Waals surface area contributed by atoms with Crippen molar-refractivity contribution in [2.45, 2.75) is 13.0 Å². The van der Waals surface area contributed by atoms with E-state index < -0.39 is 27.8 Å². The predicted molar refractivity (Wildman–Crippen MR) is 131 cm³/mol. The van der Waals surface area contributed by atoms with E-state index in [1.165, 1.54) is 18.2 Å². The predicted octanol–water partition coefficient (Wildman–Crippen LogP) is 4.18. The van der Waals surface area contributed by atoms with Crippen molar-refractivity contribution in [3.05, 3.63) is 86.3 Å². The van der Waals surface area contributed by atoms with E-state index in [9.17, 15) is 23.1 Å². The number of phenolic OH excluding ortho intramolecular Hbond substituents is 1. The van der Waals surface area contributed by atoms with Crippen molar-refractivity contribution in [2.24, 2.45) is 5.14 Å². The van der Waals surface area contributed by atoms with E-state index >= 15 is 0 Å². The summed E-state index contributed by atoms with van der Waals surface area (Å²) in [4.78, 5) is 24.0. The maximum Gasteiger partial charge on any atom is 0.307 e. The van der Waals surface area contributed by atoms with Crippen molar-refractivity contribution in [1.82, 2.24) is 4.31 Å². The van der Waals surface area contributed by atoms with Gasteiger partial charge in [-0.1, -0.05) is 30.3 Å². The maximum atomic E-state index is 13.1. The topological polar surface area (TPSA) is 147 Å². The van der Waals surface area contributed by atoms with Gasteiger partial charge < -0.3 is 14.9 Å². The molecule has 0 bridgehead atoms. The molecule has 0 spiro atoms. The van der Waals surface area contributed by atoms with Gasteiger partial charge in [-0.25, -0.2) is 9.44 Å². The Morgan fingerprint density at radius 3 is 2.15 bits per heavy atom. The molecule has 0 aliphatic carbocycles. The normalized spacial score (nSPS) is 11.1. The van der Waals surface area contributed by atoms with Crippen molar-refractivity contribution in [3.63, 3.8) is 0 Å². The van der Waals surface area contributed by atoms with Crippen LogP contribution in [0.5, 0.6) is 17.2 Å². The molecule has 0 fully saturated rings. The molecule has 34 heavy (non-hydrogen) atoms. The molecular weight excluding hydrogens is 596 g/mol. The molecule has 0 saturated carbocycles. The largest absolute Gasteiger partial charge is 0.507 e. The van der Waals surface area contributed by atoms with Crippen LogP contribution in [0, 0.1) is 0 Å². The molecule has 1 amide bonds. The summed E-state index contributed by atoms with van der Waals surface area (Å²) in [5.41, 5.74) is 0.702. The molecule has 0 heterocycles. The van der Waals surface area contributed by atoms with Gasteiger partial charge >= 0.3 is 16.2 Å². The number of rotatable bonds is 8. The first kappa shape index (κ1) is 25.7. The number of aromatic hydroxyl groups is 1. The summed E-state index contributed by atoms with van der Waals surface area (Å²) in [5, 5.41) is 24.5. The van der Waals surface area contributed by atoms with Gasteiger partial charge in [0.25, 0.3) is 5.91 Å². The SMILES string of the molecule is NS(=O)(=O)N(Cc1ccccc1)C(=O)c1cc(Oc2c(Br)cc(CC(=O)O)cc2Br)ccc1O. The molecule has 3 aromatic carbocycles. The molecule has 0 aromatic heterocycles. The van der Waals surface area contributed by atoms with Gasteiger partial charge in [-0.2, -0.15) is 8.42 Å². The summed E-state index contributed by atoms with van der Waals surface area (Å²) in [6.07, 6.45) is -0.194. The van der Waals surface area contributed by atoms with Crippen LogP contribution in [0.4, 0.5) is 0 Å². The van der Waals surface area contributed by atoms with Crippen LogP contribution < -0.4 is 9.88 Å². The number of carbonyl (C=O) groups excluding carboxylic acids is 1. The minimum atomic E-state index is -4.46. The van der Waals surface area contributed by atoms with Gasteiger partial charge in [0, 0.05) is 0 Å². The highest BCUT2D eigenvalue weighted by Crippen LogP contribution is 2.39. The first-order chi connectivity index (χ1) is 16.0. The number of carboxylic acids is 1. The van der Waals surface area contributed by atoms with Gasteiger partial charge in [-0.15, -0.1) is 0 Å². The van der Waals surface area contributed by atoms with Crippen LogP contribution in [-0.4, -0.2) is 34.8 Å². The smallest absolute Gasteiger partial charge is 0.307 e. The summed E-state index contributed by atoms with van der Waals surface area (Å²) in [6.45, 7) is -0.328. The van der Waals surface area contributed by atoms with Crippen LogP contribution in [0.2, 0.25) is 0 Å². The maximum absolute atomic E-state index is 13.1. The third-order valence-corrected chi connectivity index (χ3v) is 6.62. The standard InChI is InChI=1S/C22H18Br2N2O7S/c23-17-8-14(10-20(28)29)9-18(24)21(17)33-15-6-7-19(27)16(11-15)22(30)26(34(25,31)32)12-13-4-2-1-3-5-13/h1-9,11,27H,10,12H2,(H,28,29)(H2,25,31,32). The number of halogens is 2. The molecular formula is C22H18Br2N2O7S. The number of aliphatic carboxylic acids is 1. The number of hydrogen-bond donors (Lipinski definition) is 3. The monoisotopic (exact) mass is 612 g/mol. The summed E-state index contributed by atoms with van der Waals surface area (Å²) in [7, 11) is -4.46. The Morgan fingerprint density at radius 2 is 1.59 bits per heavy atom. The summed E-state index contributed by atoms with van der Waals surface area (Å²) >= 11 is 6.65. The number of ether oxygens (including phenoxy) is 1. The Balaban J connectivity index is 1.94. The highest BCUT2D eigenvalue weighted by molar-refractivity contribution is 9.11. The molecule has 0 atom stereocenters. The molecule has 4 N–H and O–H groups in total. The number of phenols is 1. The van der Waals surface area contributed by atoms with E-state index in [1.807, 2.05) is 0 Å². The average molecular weight is 614 g/mol. The van der Waals surface area contributed by atoms with Crippen LogP contribution in [-0.2, 0) is 28.0 Å². The number of amides is 1. The molecule has 0 radical (unpaired) electrons. The first-order valence-corrected chi connectivity index (χ1v) is 12.6. The highest BCUT2D eigenvalue weighted by Gasteiger charge is 2.28. The molecule has 9 nitrogen and oxygen atoms in total. The second-order valence-electron chi connectivity index (χ2n) is 7.08. The Labute approximate surface area is 212 Å². The number of hydrogen-bond acceptors (Lipinski definition) is 6. The zero-order valence-corrected chi connectivity index (χ0v) is 21.3. The Bertz CT molecular complexity index is 1330. The summed E-state index contributed by atoms with van der Waals surface area (Å²) < 4.78 is 31.5. The summed E-state index contributed by atoms with van der Waals surface area (Å²) in [5.74, 6) is -2.10. The second kappa shape index (κ2) is 10.6. The van der Waals surface area contributed by atoms with E-state index in [-0.39, 0.29) is 30.0 Å². The lowest BCUT2D eigenvalue weighted by atomic mass is 10.1. The minimum Gasteiger partial charge on any atom is -0.507 e. The van der Waals surface area contributed by atoms with E-state index in [4.69, 9.17) is 15.0 Å². The fourth-order valence-electron chi connectivity index (χ4n) is 3.02. The first-order valence-electron chi connectivity index (χ1n) is 9.55. The zero-order valence-electron chi connectivity index (χ0n) is 17.3. The third kappa shape index (κ3) is 6.35. The zero-order chi connectivity index (χ0) is 25.0. The van der Waals surface area contributed by atoms with Crippen LogP contribution in [0.1, 0.15) is 21.5 Å². The Kier molecular flexibility index (Phi) is 7.97. The molecule has 3 rings (SSSR count). The van der Waals surface area contributed by atoms with Crippen LogP contribution in [0.15, 0.2) is 69.6 Å². The molecule has 12 heteroatoms. The van der Waals surface area contributed by atoms with Gasteiger partial charge in [0.2, 0.25) is 0 Å². The fraction of sp³-hybridized carbons (Fsp3) is 0.0909. The van der Waals surface area contributed by atoms with Crippen molar-refractivity contribution >= 4 is 53.9 Å². The Hall–Kier alpha value is -2.93. The molecule has 178 valence electrons. The van der Waals surface area contributed by atoms with Gasteiger partial charge in [-0.3, -0.25) is 9.59 Å². The lowest BCUT2D eigenvalue weighted by Gasteiger charge is -2.21. The second-order valence-corrected chi connectivity index (χ2v) is 10.3. The number of carboxylic acid groups (broad SMARTS) is 1. The summed E-state index contributed by atoms with van der Waals surface area (Å²) in [6, 6.07) is 15.3. The number of nitrogens with two attached hydrogens (primary N) is 1. The van der Waals surface area contributed by atoms with Crippen molar-refractivity contribution in [2.75, 3.05) is 0 Å². The van der Waals surface area contributed by atoms with E-state index in [0.29, 0.717) is 24.4 Å². The minimum absolute atomic E-state index is 0.114. The van der Waals surface area contributed by atoms with Crippen LogP contribution >= 0.6 is 31.9 Å². The fourth-order valence-corrected chi connectivity index (χ4v) is 5.12. The van der Waals surface area contributed by atoms with Crippen LogP contribution in [0.3, 0.4) is 0 Å². The number of nitrogens with zero attached hydrogens (tertiary/aromatic N) is 1. The van der Waals surface area contributed by atoms with Crippen molar-refractivity contribution in [3.8, 4) is 17.2 Å². The van der Waals surface area contributed by atoms with Crippen molar-refractivity contribution < 1.29 is 33.0 Å². The molecule has 0 aliphatic rings. The third-order valence-electron chi connectivity index (χ3n) is 4.53. The molecule has 0 aliphatic heterocycles. The van der Waals surface area contributed by atoms with Gasteiger partial charge in [-0.05, 0) is 73.3 Å². The molecule has 3 aromatic rings. The lowest BCUT2D eigenvalue weighted by Crippen LogP contribution is -2.40. The average Bonchev–Trinajstić information content (AvgIpc) is 2.75.